The van der Waals surface area contributed by atoms with Gasteiger partial charge in [0.1, 0.15) is 10.9 Å². The lowest BCUT2D eigenvalue weighted by Gasteiger charge is -2.19. The van der Waals surface area contributed by atoms with E-state index in [1.807, 2.05) is 24.4 Å². The molecule has 2 heterocycles. The zero-order chi connectivity index (χ0) is 14.7. The van der Waals surface area contributed by atoms with Crippen LogP contribution in [0.25, 0.3) is 0 Å². The van der Waals surface area contributed by atoms with Crippen molar-refractivity contribution in [3.05, 3.63) is 36.2 Å². The number of hydrogen-bond acceptors (Lipinski definition) is 6. The van der Waals surface area contributed by atoms with Gasteiger partial charge in [-0.15, -0.1) is 0 Å². The van der Waals surface area contributed by atoms with Crippen molar-refractivity contribution >= 4 is 29.1 Å². The lowest BCUT2D eigenvalue weighted by molar-refractivity contribution is 1.02. The van der Waals surface area contributed by atoms with E-state index < -0.39 is 0 Å². The number of nitrogens with one attached hydrogen (secondary N) is 2. The van der Waals surface area contributed by atoms with Crippen LogP contribution in [-0.4, -0.2) is 15.8 Å². The molecule has 21 heavy (non-hydrogen) atoms. The first-order valence-electron chi connectivity index (χ1n) is 6.31. The Kier molecular flexibility index (Phi) is 3.71. The molecule has 0 fully saturated rings. The summed E-state index contributed by atoms with van der Waals surface area (Å²) in [6.07, 6.45) is 5.21. The highest BCUT2D eigenvalue weighted by molar-refractivity contribution is 7.99. The fourth-order valence-electron chi connectivity index (χ4n) is 1.91. The highest BCUT2D eigenvalue weighted by Gasteiger charge is 2.17. The van der Waals surface area contributed by atoms with E-state index in [4.69, 9.17) is 5.26 Å². The molecule has 0 saturated carbocycles. The number of nitrogens with zero attached hydrogens (tertiary/aromatic N) is 4. The molecule has 0 spiro atoms. The molecule has 0 aliphatic carbocycles. The van der Waals surface area contributed by atoms with Gasteiger partial charge in [-0.3, -0.25) is 10.3 Å². The van der Waals surface area contributed by atoms with Crippen LogP contribution < -0.4 is 10.6 Å². The van der Waals surface area contributed by atoms with Crippen molar-refractivity contribution in [2.75, 3.05) is 5.32 Å². The normalized spacial score (nSPS) is 12.7. The molecule has 0 saturated heterocycles. The first-order valence-corrected chi connectivity index (χ1v) is 7.13. The van der Waals surface area contributed by atoms with E-state index in [2.05, 4.69) is 25.6 Å². The number of anilines is 2. The summed E-state index contributed by atoms with van der Waals surface area (Å²) in [5.74, 6) is 1.38. The highest BCUT2D eigenvalue weighted by Crippen LogP contribution is 2.41. The third-order valence-electron chi connectivity index (χ3n) is 2.90. The molecule has 7 heteroatoms. The van der Waals surface area contributed by atoms with E-state index in [-0.39, 0.29) is 0 Å². The van der Waals surface area contributed by atoms with Crippen LogP contribution in [0.1, 0.15) is 12.5 Å². The summed E-state index contributed by atoms with van der Waals surface area (Å²) in [6.45, 7) is 2.29. The minimum atomic E-state index is 0.521. The number of fused-ring (bicyclic) bond motifs is 2. The molecule has 3 rings (SSSR count). The minimum absolute atomic E-state index is 0.521. The Morgan fingerprint density at radius 2 is 2.29 bits per heavy atom. The number of aromatic nitrogens is 2. The maximum absolute atomic E-state index is 8.52. The number of benzene rings is 1. The van der Waals surface area contributed by atoms with Crippen molar-refractivity contribution in [2.45, 2.75) is 23.4 Å². The maximum atomic E-state index is 8.52. The minimum Gasteiger partial charge on any atom is -0.337 e. The second-order valence-electron chi connectivity index (χ2n) is 4.41. The SMILES string of the molecule is CC(=NCc1ccc2c(c1)Nc1nccnc1S2)NC#N. The summed E-state index contributed by atoms with van der Waals surface area (Å²) >= 11 is 1.60. The quantitative estimate of drug-likeness (QED) is 0.327. The van der Waals surface area contributed by atoms with Crippen LogP contribution in [0.4, 0.5) is 11.5 Å². The summed E-state index contributed by atoms with van der Waals surface area (Å²) in [5.41, 5.74) is 2.07. The first-order chi connectivity index (χ1) is 10.3. The standard InChI is InChI=1S/C14H12N6S/c1-9(19-8-15)18-7-10-2-3-12-11(6-10)20-13-14(21-12)17-5-4-16-13/h2-6H,7H2,1H3,(H,16,20)(H,18,19). The molecule has 1 aliphatic rings. The van der Waals surface area contributed by atoms with Gasteiger partial charge in [0.25, 0.3) is 0 Å². The number of aliphatic imine (C=N–C) groups is 1. The summed E-state index contributed by atoms with van der Waals surface area (Å²) in [4.78, 5) is 14.0. The van der Waals surface area contributed by atoms with Gasteiger partial charge in [-0.05, 0) is 24.6 Å². The smallest absolute Gasteiger partial charge is 0.182 e. The molecule has 0 amide bonds. The van der Waals surface area contributed by atoms with Gasteiger partial charge in [0, 0.05) is 17.3 Å². The lowest BCUT2D eigenvalue weighted by Crippen LogP contribution is -2.13. The summed E-state index contributed by atoms with van der Waals surface area (Å²) in [7, 11) is 0. The molecule has 1 aromatic heterocycles. The molecule has 104 valence electrons. The van der Waals surface area contributed by atoms with Crippen LogP contribution in [0.3, 0.4) is 0 Å². The topological polar surface area (TPSA) is 86.0 Å². The second-order valence-corrected chi connectivity index (χ2v) is 5.44. The van der Waals surface area contributed by atoms with Gasteiger partial charge in [0.15, 0.2) is 12.0 Å². The molecule has 0 atom stereocenters. The second kappa shape index (κ2) is 5.81. The number of amidine groups is 1. The third-order valence-corrected chi connectivity index (χ3v) is 3.97. The predicted octanol–water partition coefficient (Wildman–Crippen LogP) is 2.67. The van der Waals surface area contributed by atoms with Gasteiger partial charge in [-0.25, -0.2) is 9.97 Å². The molecular weight excluding hydrogens is 284 g/mol. The van der Waals surface area contributed by atoms with Crippen LogP contribution in [0.2, 0.25) is 0 Å². The molecule has 1 aromatic carbocycles. The van der Waals surface area contributed by atoms with Gasteiger partial charge < -0.3 is 5.32 Å². The molecule has 0 radical (unpaired) electrons. The highest BCUT2D eigenvalue weighted by atomic mass is 32.2. The molecule has 0 unspecified atom stereocenters. The van der Waals surface area contributed by atoms with E-state index >= 15 is 0 Å². The van der Waals surface area contributed by atoms with Gasteiger partial charge in [0.05, 0.1) is 12.2 Å². The number of hydrogen-bond donors (Lipinski definition) is 2. The van der Waals surface area contributed by atoms with Crippen molar-refractivity contribution < 1.29 is 0 Å². The third kappa shape index (κ3) is 2.95. The summed E-state index contributed by atoms with van der Waals surface area (Å²) in [5, 5.41) is 15.2. The average molecular weight is 296 g/mol. The van der Waals surface area contributed by atoms with Crippen molar-refractivity contribution in [1.29, 1.82) is 5.26 Å². The monoisotopic (exact) mass is 296 g/mol. The van der Waals surface area contributed by atoms with Gasteiger partial charge in [-0.2, -0.15) is 5.26 Å². The largest absolute Gasteiger partial charge is 0.337 e. The van der Waals surface area contributed by atoms with Gasteiger partial charge in [0.2, 0.25) is 0 Å². The summed E-state index contributed by atoms with van der Waals surface area (Å²) < 4.78 is 0. The fourth-order valence-corrected chi connectivity index (χ4v) is 2.79. The van der Waals surface area contributed by atoms with E-state index in [1.54, 1.807) is 31.1 Å². The zero-order valence-electron chi connectivity index (χ0n) is 11.3. The average Bonchev–Trinajstić information content (AvgIpc) is 2.51. The molecule has 2 aromatic rings. The van der Waals surface area contributed by atoms with Crippen LogP contribution >= 0.6 is 11.8 Å². The van der Waals surface area contributed by atoms with Crippen LogP contribution in [0.5, 0.6) is 0 Å². The van der Waals surface area contributed by atoms with Crippen molar-refractivity contribution in [1.82, 2.24) is 15.3 Å². The van der Waals surface area contributed by atoms with E-state index in [0.29, 0.717) is 12.4 Å². The number of rotatable bonds is 2. The molecular formula is C14H12N6S. The Morgan fingerprint density at radius 1 is 1.43 bits per heavy atom. The molecule has 2 N–H and O–H groups in total. The predicted molar refractivity (Wildman–Crippen MR) is 81.4 cm³/mol. The molecule has 0 bridgehead atoms. The Morgan fingerprint density at radius 3 is 3.14 bits per heavy atom. The Bertz CT molecular complexity index is 749. The van der Waals surface area contributed by atoms with Gasteiger partial charge >= 0.3 is 0 Å². The Hall–Kier alpha value is -2.59. The molecule has 6 nitrogen and oxygen atoms in total. The van der Waals surface area contributed by atoms with Crippen LogP contribution in [0.15, 0.2) is 45.5 Å². The van der Waals surface area contributed by atoms with Crippen LogP contribution in [0, 0.1) is 11.5 Å². The maximum Gasteiger partial charge on any atom is 0.182 e. The van der Waals surface area contributed by atoms with Crippen molar-refractivity contribution in [3.63, 3.8) is 0 Å². The van der Waals surface area contributed by atoms with Crippen molar-refractivity contribution in [3.8, 4) is 6.19 Å². The van der Waals surface area contributed by atoms with Crippen molar-refractivity contribution in [2.24, 2.45) is 4.99 Å². The summed E-state index contributed by atoms with van der Waals surface area (Å²) in [6, 6.07) is 6.11. The zero-order valence-corrected chi connectivity index (χ0v) is 12.1. The van der Waals surface area contributed by atoms with E-state index in [1.165, 1.54) is 0 Å². The first kappa shape index (κ1) is 13.4. The van der Waals surface area contributed by atoms with E-state index in [0.717, 1.165) is 27.0 Å². The number of nitriles is 1. The van der Waals surface area contributed by atoms with Crippen LogP contribution in [-0.2, 0) is 6.54 Å². The Balaban J connectivity index is 1.81. The molecule has 1 aliphatic heterocycles. The lowest BCUT2D eigenvalue weighted by atomic mass is 10.2. The Labute approximate surface area is 126 Å². The van der Waals surface area contributed by atoms with E-state index in [9.17, 15) is 0 Å². The van der Waals surface area contributed by atoms with Gasteiger partial charge in [-0.1, -0.05) is 17.8 Å². The fraction of sp³-hybridized carbons (Fsp3) is 0.143.